The molecule has 0 spiro atoms. The smallest absolute Gasteiger partial charge is 0.408 e. The van der Waals surface area contributed by atoms with Gasteiger partial charge in [0.25, 0.3) is 0 Å². The Kier molecular flexibility index (Phi) is 4.25. The van der Waals surface area contributed by atoms with E-state index in [1.54, 1.807) is 0 Å². The molecule has 0 saturated heterocycles. The molecule has 1 amide bonds. The third kappa shape index (κ3) is 3.20. The summed E-state index contributed by atoms with van der Waals surface area (Å²) >= 11 is 0. The number of ether oxygens (including phenoxy) is 2. The molecule has 0 radical (unpaired) electrons. The maximum atomic E-state index is 12.0. The van der Waals surface area contributed by atoms with E-state index >= 15 is 0 Å². The molecule has 0 unspecified atom stereocenters. The number of carbonyl (C=O) groups excluding carboxylic acids is 1. The van der Waals surface area contributed by atoms with Gasteiger partial charge in [0.1, 0.15) is 25.1 Å². The Morgan fingerprint density at radius 3 is 2.73 bits per heavy atom. The fourth-order valence-electron chi connectivity index (χ4n) is 2.41. The summed E-state index contributed by atoms with van der Waals surface area (Å²) in [6.07, 6.45) is -1.37. The number of carbonyl (C=O) groups is 1. The van der Waals surface area contributed by atoms with Crippen molar-refractivity contribution in [2.45, 2.75) is 18.8 Å². The summed E-state index contributed by atoms with van der Waals surface area (Å²) in [5, 5.41) is 12.8. The minimum absolute atomic E-state index is 0.140. The number of benzene rings is 2. The van der Waals surface area contributed by atoms with E-state index in [1.807, 2.05) is 54.6 Å². The number of hydrogen-bond acceptors (Lipinski definition) is 4. The number of alkyl carbamates (subject to hydrolysis) is 1. The third-order valence-corrected chi connectivity index (χ3v) is 3.53. The summed E-state index contributed by atoms with van der Waals surface area (Å²) in [7, 11) is 0. The second-order valence-corrected chi connectivity index (χ2v) is 5.10. The minimum Gasteiger partial charge on any atom is -0.490 e. The second kappa shape index (κ2) is 6.49. The number of fused-ring (bicyclic) bond motifs is 1. The third-order valence-electron chi connectivity index (χ3n) is 3.53. The first-order chi connectivity index (χ1) is 10.7. The standard InChI is InChI=1S/C17H17NO4/c19-14-11-21-15-9-5-4-8-13(15)16(14)18-17(20)22-10-12-6-2-1-3-7-12/h1-9,14,16,19H,10-11H2,(H,18,20)/t14-,16+/m1/s1. The van der Waals surface area contributed by atoms with Gasteiger partial charge < -0.3 is 19.9 Å². The predicted octanol–water partition coefficient (Wildman–Crippen LogP) is 2.41. The number of nitrogens with one attached hydrogen (secondary N) is 1. The topological polar surface area (TPSA) is 67.8 Å². The largest absolute Gasteiger partial charge is 0.490 e. The quantitative estimate of drug-likeness (QED) is 0.913. The molecule has 0 aliphatic carbocycles. The van der Waals surface area contributed by atoms with Crippen molar-refractivity contribution in [2.75, 3.05) is 6.61 Å². The molecule has 1 aliphatic heterocycles. The fraction of sp³-hybridized carbons (Fsp3) is 0.235. The Bertz CT molecular complexity index is 644. The van der Waals surface area contributed by atoms with Crippen molar-refractivity contribution in [3.05, 3.63) is 65.7 Å². The Morgan fingerprint density at radius 2 is 1.91 bits per heavy atom. The molecule has 1 heterocycles. The molecule has 114 valence electrons. The summed E-state index contributed by atoms with van der Waals surface area (Å²) in [5.41, 5.74) is 1.66. The first kappa shape index (κ1) is 14.4. The lowest BCUT2D eigenvalue weighted by atomic mass is 9.98. The Labute approximate surface area is 128 Å². The van der Waals surface area contributed by atoms with Crippen LogP contribution in [-0.2, 0) is 11.3 Å². The van der Waals surface area contributed by atoms with Crippen LogP contribution in [-0.4, -0.2) is 23.9 Å². The van der Waals surface area contributed by atoms with Crippen LogP contribution in [0.15, 0.2) is 54.6 Å². The molecule has 0 aromatic heterocycles. The maximum Gasteiger partial charge on any atom is 0.408 e. The van der Waals surface area contributed by atoms with Gasteiger partial charge in [-0.2, -0.15) is 0 Å². The monoisotopic (exact) mass is 299 g/mol. The number of amides is 1. The van der Waals surface area contributed by atoms with Crippen LogP contribution in [0.2, 0.25) is 0 Å². The van der Waals surface area contributed by atoms with Crippen molar-refractivity contribution >= 4 is 6.09 Å². The van der Waals surface area contributed by atoms with Crippen LogP contribution in [0.5, 0.6) is 5.75 Å². The average molecular weight is 299 g/mol. The number of rotatable bonds is 3. The van der Waals surface area contributed by atoms with Crippen LogP contribution in [0.25, 0.3) is 0 Å². The minimum atomic E-state index is -0.806. The van der Waals surface area contributed by atoms with Gasteiger partial charge in [-0.25, -0.2) is 4.79 Å². The van der Waals surface area contributed by atoms with Gasteiger partial charge in [-0.3, -0.25) is 0 Å². The maximum absolute atomic E-state index is 12.0. The highest BCUT2D eigenvalue weighted by Gasteiger charge is 2.30. The van der Waals surface area contributed by atoms with Crippen LogP contribution < -0.4 is 10.1 Å². The van der Waals surface area contributed by atoms with Gasteiger partial charge in [0.2, 0.25) is 0 Å². The van der Waals surface area contributed by atoms with E-state index in [2.05, 4.69) is 5.32 Å². The summed E-state index contributed by atoms with van der Waals surface area (Å²) in [6, 6.07) is 16.2. The fourth-order valence-corrected chi connectivity index (χ4v) is 2.41. The highest BCUT2D eigenvalue weighted by Crippen LogP contribution is 2.31. The van der Waals surface area contributed by atoms with Crippen molar-refractivity contribution in [1.29, 1.82) is 0 Å². The lowest BCUT2D eigenvalue weighted by Gasteiger charge is -2.30. The van der Waals surface area contributed by atoms with E-state index in [4.69, 9.17) is 9.47 Å². The molecule has 0 fully saturated rings. The van der Waals surface area contributed by atoms with E-state index in [1.165, 1.54) is 0 Å². The van der Waals surface area contributed by atoms with E-state index in [0.717, 1.165) is 11.1 Å². The summed E-state index contributed by atoms with van der Waals surface area (Å²) in [5.74, 6) is 0.668. The number of hydrogen-bond donors (Lipinski definition) is 2. The predicted molar refractivity (Wildman–Crippen MR) is 80.4 cm³/mol. The molecule has 2 aromatic rings. The van der Waals surface area contributed by atoms with E-state index in [0.29, 0.717) is 5.75 Å². The Balaban J connectivity index is 1.64. The molecule has 2 aromatic carbocycles. The average Bonchev–Trinajstić information content (AvgIpc) is 2.56. The van der Waals surface area contributed by atoms with E-state index in [9.17, 15) is 9.90 Å². The van der Waals surface area contributed by atoms with Crippen LogP contribution in [0.4, 0.5) is 4.79 Å². The summed E-state index contributed by atoms with van der Waals surface area (Å²) in [4.78, 5) is 12.0. The van der Waals surface area contributed by atoms with Crippen molar-refractivity contribution < 1.29 is 19.4 Å². The Hall–Kier alpha value is -2.53. The molecule has 1 aliphatic rings. The molecule has 0 bridgehead atoms. The summed E-state index contributed by atoms with van der Waals surface area (Å²) in [6.45, 7) is 0.328. The molecule has 0 saturated carbocycles. The van der Waals surface area contributed by atoms with Gasteiger partial charge >= 0.3 is 6.09 Å². The van der Waals surface area contributed by atoms with Crippen LogP contribution >= 0.6 is 0 Å². The molecule has 5 nitrogen and oxygen atoms in total. The molecular weight excluding hydrogens is 282 g/mol. The van der Waals surface area contributed by atoms with Gasteiger partial charge in [-0.15, -0.1) is 0 Å². The number of para-hydroxylation sites is 1. The van der Waals surface area contributed by atoms with Crippen LogP contribution in [0.1, 0.15) is 17.2 Å². The number of aliphatic hydroxyl groups is 1. The zero-order valence-electron chi connectivity index (χ0n) is 11.9. The molecule has 2 atom stereocenters. The van der Waals surface area contributed by atoms with Crippen molar-refractivity contribution in [3.63, 3.8) is 0 Å². The number of aliphatic hydroxyl groups excluding tert-OH is 1. The Morgan fingerprint density at radius 1 is 1.18 bits per heavy atom. The zero-order valence-corrected chi connectivity index (χ0v) is 11.9. The normalized spacial score (nSPS) is 19.7. The summed E-state index contributed by atoms with van der Waals surface area (Å²) < 4.78 is 10.6. The molecular formula is C17H17NO4. The zero-order chi connectivity index (χ0) is 15.4. The molecule has 2 N–H and O–H groups in total. The highest BCUT2D eigenvalue weighted by molar-refractivity contribution is 5.68. The first-order valence-corrected chi connectivity index (χ1v) is 7.11. The first-order valence-electron chi connectivity index (χ1n) is 7.11. The van der Waals surface area contributed by atoms with E-state index in [-0.39, 0.29) is 13.2 Å². The van der Waals surface area contributed by atoms with Crippen molar-refractivity contribution in [3.8, 4) is 5.75 Å². The van der Waals surface area contributed by atoms with Gasteiger partial charge in [0, 0.05) is 5.56 Å². The molecule has 22 heavy (non-hydrogen) atoms. The van der Waals surface area contributed by atoms with Gasteiger partial charge in [0.05, 0.1) is 6.04 Å². The van der Waals surface area contributed by atoms with E-state index < -0.39 is 18.2 Å². The second-order valence-electron chi connectivity index (χ2n) is 5.10. The van der Waals surface area contributed by atoms with Crippen LogP contribution in [0, 0.1) is 0 Å². The highest BCUT2D eigenvalue weighted by atomic mass is 16.5. The van der Waals surface area contributed by atoms with Gasteiger partial charge in [0.15, 0.2) is 0 Å². The molecule has 5 heteroatoms. The van der Waals surface area contributed by atoms with Crippen molar-refractivity contribution in [2.24, 2.45) is 0 Å². The van der Waals surface area contributed by atoms with Crippen LogP contribution in [0.3, 0.4) is 0 Å². The lowest BCUT2D eigenvalue weighted by molar-refractivity contribution is 0.0501. The van der Waals surface area contributed by atoms with Gasteiger partial charge in [-0.1, -0.05) is 48.5 Å². The van der Waals surface area contributed by atoms with Gasteiger partial charge in [-0.05, 0) is 11.6 Å². The SMILES string of the molecule is O=C(N[C@H]1c2ccccc2OC[C@H]1O)OCc1ccccc1. The molecule has 3 rings (SSSR count). The van der Waals surface area contributed by atoms with Crippen molar-refractivity contribution in [1.82, 2.24) is 5.32 Å². The lowest BCUT2D eigenvalue weighted by Crippen LogP contribution is -2.42.